The number of phenols is 1. The Morgan fingerprint density at radius 3 is 3.17 bits per heavy atom. The Morgan fingerprint density at radius 2 is 2.44 bits per heavy atom. The number of tetrazole rings is 1. The summed E-state index contributed by atoms with van der Waals surface area (Å²) in [6.45, 7) is 2.37. The van der Waals surface area contributed by atoms with Gasteiger partial charge in [0.1, 0.15) is 11.5 Å². The van der Waals surface area contributed by atoms with Crippen LogP contribution in [-0.2, 0) is 0 Å². The maximum atomic E-state index is 9.37. The molecule has 1 aromatic carbocycles. The lowest BCUT2D eigenvalue weighted by Crippen LogP contribution is -1.98. The van der Waals surface area contributed by atoms with Crippen LogP contribution in [0, 0.1) is 0 Å². The third-order valence-corrected chi connectivity index (χ3v) is 2.01. The molecule has 8 nitrogen and oxygen atoms in total. The van der Waals surface area contributed by atoms with Crippen LogP contribution in [-0.4, -0.2) is 38.6 Å². The number of aromatic hydroxyl groups is 1. The minimum Gasteiger partial charge on any atom is -0.508 e. The molecular weight excluding hydrogens is 236 g/mol. The van der Waals surface area contributed by atoms with Crippen LogP contribution >= 0.6 is 0 Å². The van der Waals surface area contributed by atoms with Crippen molar-refractivity contribution in [3.8, 4) is 11.5 Å². The molecule has 1 aromatic heterocycles. The van der Waals surface area contributed by atoms with Crippen molar-refractivity contribution >= 4 is 12.2 Å². The van der Waals surface area contributed by atoms with E-state index in [0.29, 0.717) is 12.4 Å². The van der Waals surface area contributed by atoms with E-state index in [2.05, 4.69) is 31.2 Å². The van der Waals surface area contributed by atoms with Crippen molar-refractivity contribution in [2.24, 2.45) is 5.10 Å². The average molecular weight is 248 g/mol. The highest BCUT2D eigenvalue weighted by Crippen LogP contribution is 2.22. The average Bonchev–Trinajstić information content (AvgIpc) is 2.85. The lowest BCUT2D eigenvalue weighted by atomic mass is 10.2. The quantitative estimate of drug-likeness (QED) is 0.532. The molecule has 0 aliphatic heterocycles. The SMILES string of the molecule is CCOc1cc(O)ccc1/C=N/Nc1nn[nH]n1. The van der Waals surface area contributed by atoms with E-state index in [1.165, 1.54) is 6.07 Å². The fourth-order valence-electron chi connectivity index (χ4n) is 1.28. The van der Waals surface area contributed by atoms with Crippen molar-refractivity contribution < 1.29 is 9.84 Å². The minimum atomic E-state index is 0.140. The van der Waals surface area contributed by atoms with E-state index >= 15 is 0 Å². The highest BCUT2D eigenvalue weighted by atomic mass is 16.5. The van der Waals surface area contributed by atoms with Gasteiger partial charge in [-0.15, -0.1) is 5.10 Å². The van der Waals surface area contributed by atoms with Gasteiger partial charge in [-0.2, -0.15) is 10.3 Å². The molecule has 0 atom stereocenters. The van der Waals surface area contributed by atoms with E-state index < -0.39 is 0 Å². The van der Waals surface area contributed by atoms with E-state index in [-0.39, 0.29) is 11.7 Å². The molecule has 0 saturated carbocycles. The number of aromatic nitrogens is 4. The van der Waals surface area contributed by atoms with Crippen LogP contribution < -0.4 is 10.2 Å². The van der Waals surface area contributed by atoms with E-state index in [4.69, 9.17) is 4.74 Å². The molecule has 0 aliphatic rings. The monoisotopic (exact) mass is 248 g/mol. The van der Waals surface area contributed by atoms with Gasteiger partial charge in [-0.05, 0) is 24.3 Å². The highest BCUT2D eigenvalue weighted by Gasteiger charge is 2.02. The molecule has 3 N–H and O–H groups in total. The molecule has 0 unspecified atom stereocenters. The molecule has 18 heavy (non-hydrogen) atoms. The fourth-order valence-corrected chi connectivity index (χ4v) is 1.28. The van der Waals surface area contributed by atoms with E-state index in [9.17, 15) is 5.11 Å². The lowest BCUT2D eigenvalue weighted by molar-refractivity contribution is 0.337. The van der Waals surface area contributed by atoms with Crippen molar-refractivity contribution in [2.45, 2.75) is 6.92 Å². The van der Waals surface area contributed by atoms with Gasteiger partial charge in [0.15, 0.2) is 0 Å². The largest absolute Gasteiger partial charge is 0.508 e. The Bertz CT molecular complexity index is 525. The predicted octanol–water partition coefficient (Wildman–Crippen LogP) is 0.750. The van der Waals surface area contributed by atoms with Crippen LogP contribution in [0.2, 0.25) is 0 Å². The van der Waals surface area contributed by atoms with Crippen LogP contribution in [0.3, 0.4) is 0 Å². The number of nitrogens with zero attached hydrogens (tertiary/aromatic N) is 4. The number of rotatable bonds is 5. The maximum Gasteiger partial charge on any atom is 0.283 e. The second-order valence-corrected chi connectivity index (χ2v) is 3.26. The van der Waals surface area contributed by atoms with Gasteiger partial charge in [-0.1, -0.05) is 5.10 Å². The van der Waals surface area contributed by atoms with Gasteiger partial charge in [-0.3, -0.25) is 0 Å². The summed E-state index contributed by atoms with van der Waals surface area (Å²) in [6, 6.07) is 4.78. The Morgan fingerprint density at radius 1 is 1.56 bits per heavy atom. The van der Waals surface area contributed by atoms with Crippen molar-refractivity contribution in [1.29, 1.82) is 0 Å². The summed E-state index contributed by atoms with van der Waals surface area (Å²) >= 11 is 0. The van der Waals surface area contributed by atoms with Gasteiger partial charge < -0.3 is 9.84 Å². The number of ether oxygens (including phenoxy) is 1. The molecule has 0 bridgehead atoms. The lowest BCUT2D eigenvalue weighted by Gasteiger charge is -2.06. The Kier molecular flexibility index (Phi) is 3.69. The van der Waals surface area contributed by atoms with Crippen LogP contribution in [0.4, 0.5) is 5.95 Å². The van der Waals surface area contributed by atoms with E-state index in [0.717, 1.165) is 5.56 Å². The summed E-state index contributed by atoms with van der Waals surface area (Å²) in [5.41, 5.74) is 3.32. The number of hydrazone groups is 1. The standard InChI is InChI=1S/C10H12N6O2/c1-2-18-9-5-8(17)4-3-7(9)6-11-12-10-13-15-16-14-10/h3-6,17H,2H2,1H3,(H2,12,13,14,15,16)/b11-6+. The molecule has 0 amide bonds. The first-order valence-electron chi connectivity index (χ1n) is 5.28. The van der Waals surface area contributed by atoms with Gasteiger partial charge >= 0.3 is 0 Å². The molecule has 2 aromatic rings. The molecule has 0 spiro atoms. The predicted molar refractivity (Wildman–Crippen MR) is 64.7 cm³/mol. The first-order chi connectivity index (χ1) is 8.79. The van der Waals surface area contributed by atoms with Gasteiger partial charge in [0, 0.05) is 11.6 Å². The Balaban J connectivity index is 2.10. The van der Waals surface area contributed by atoms with Crippen LogP contribution in [0.1, 0.15) is 12.5 Å². The first kappa shape index (κ1) is 11.8. The van der Waals surface area contributed by atoms with Crippen molar-refractivity contribution in [2.75, 3.05) is 12.0 Å². The number of nitrogens with one attached hydrogen (secondary N) is 2. The van der Waals surface area contributed by atoms with E-state index in [1.54, 1.807) is 18.3 Å². The molecule has 0 aliphatic carbocycles. The zero-order chi connectivity index (χ0) is 12.8. The number of benzene rings is 1. The molecule has 0 saturated heterocycles. The molecule has 2 rings (SSSR count). The molecular formula is C10H12N6O2. The molecule has 0 radical (unpaired) electrons. The maximum absolute atomic E-state index is 9.37. The minimum absolute atomic E-state index is 0.140. The summed E-state index contributed by atoms with van der Waals surface area (Å²) < 4.78 is 5.38. The third-order valence-electron chi connectivity index (χ3n) is 2.01. The zero-order valence-corrected chi connectivity index (χ0v) is 9.66. The summed E-state index contributed by atoms with van der Waals surface area (Å²) in [6.07, 6.45) is 1.54. The summed E-state index contributed by atoms with van der Waals surface area (Å²) in [5.74, 6) is 0.959. The third kappa shape index (κ3) is 2.94. The molecule has 1 heterocycles. The van der Waals surface area contributed by atoms with Crippen molar-refractivity contribution in [1.82, 2.24) is 20.6 Å². The normalized spacial score (nSPS) is 10.7. The number of H-pyrrole nitrogens is 1. The fraction of sp³-hybridized carbons (Fsp3) is 0.200. The molecule has 0 fully saturated rings. The van der Waals surface area contributed by atoms with Crippen LogP contribution in [0.15, 0.2) is 23.3 Å². The highest BCUT2D eigenvalue weighted by molar-refractivity contribution is 5.84. The Labute approximate surface area is 103 Å². The first-order valence-corrected chi connectivity index (χ1v) is 5.28. The summed E-state index contributed by atoms with van der Waals surface area (Å²) in [4.78, 5) is 0. The van der Waals surface area contributed by atoms with Gasteiger partial charge in [0.25, 0.3) is 5.95 Å². The van der Waals surface area contributed by atoms with Gasteiger partial charge in [-0.25, -0.2) is 5.43 Å². The number of hydrogen-bond donors (Lipinski definition) is 3. The molecule has 94 valence electrons. The second-order valence-electron chi connectivity index (χ2n) is 3.26. The second kappa shape index (κ2) is 5.62. The van der Waals surface area contributed by atoms with Crippen molar-refractivity contribution in [3.63, 3.8) is 0 Å². The number of hydrogen-bond acceptors (Lipinski definition) is 7. The summed E-state index contributed by atoms with van der Waals surface area (Å²) in [5, 5.41) is 26.3. The zero-order valence-electron chi connectivity index (χ0n) is 9.66. The van der Waals surface area contributed by atoms with Crippen LogP contribution in [0.5, 0.6) is 11.5 Å². The van der Waals surface area contributed by atoms with E-state index in [1.807, 2.05) is 6.92 Å². The topological polar surface area (TPSA) is 108 Å². The number of aromatic amines is 1. The molecule has 8 heteroatoms. The van der Waals surface area contributed by atoms with Gasteiger partial charge in [0.05, 0.1) is 12.8 Å². The summed E-state index contributed by atoms with van der Waals surface area (Å²) in [7, 11) is 0. The van der Waals surface area contributed by atoms with Gasteiger partial charge in [0.2, 0.25) is 0 Å². The Hall–Kier alpha value is -2.64. The van der Waals surface area contributed by atoms with Crippen molar-refractivity contribution in [3.05, 3.63) is 23.8 Å². The number of phenolic OH excluding ortho intramolecular Hbond substituents is 1. The number of anilines is 1. The smallest absolute Gasteiger partial charge is 0.283 e. The van der Waals surface area contributed by atoms with Crippen LogP contribution in [0.25, 0.3) is 0 Å².